The first-order valence-corrected chi connectivity index (χ1v) is 5.50. The van der Waals surface area contributed by atoms with Gasteiger partial charge < -0.3 is 10.2 Å². The summed E-state index contributed by atoms with van der Waals surface area (Å²) >= 11 is 3.42. The molecule has 1 aromatic rings. The molecule has 3 heteroatoms. The fourth-order valence-electron chi connectivity index (χ4n) is 1.59. The molecule has 0 amide bonds. The van der Waals surface area contributed by atoms with Crippen LogP contribution in [0.5, 0.6) is 5.75 Å². The molecule has 1 aliphatic carbocycles. The Bertz CT molecular complexity index is 370. The van der Waals surface area contributed by atoms with Gasteiger partial charge in [0.25, 0.3) is 0 Å². The fourth-order valence-corrected chi connectivity index (χ4v) is 1.96. The molecule has 2 rings (SSSR count). The zero-order chi connectivity index (χ0) is 10.3. The topological polar surface area (TPSA) is 40.5 Å². The van der Waals surface area contributed by atoms with Crippen LogP contribution in [0, 0.1) is 6.92 Å². The molecule has 14 heavy (non-hydrogen) atoms. The van der Waals surface area contributed by atoms with E-state index in [1.807, 2.05) is 13.0 Å². The summed E-state index contributed by atoms with van der Waals surface area (Å²) in [6.07, 6.45) is 2.25. The average molecular weight is 257 g/mol. The molecule has 1 aromatic carbocycles. The molecule has 1 saturated carbocycles. The zero-order valence-electron chi connectivity index (χ0n) is 8.05. The summed E-state index contributed by atoms with van der Waals surface area (Å²) in [7, 11) is 0. The van der Waals surface area contributed by atoms with E-state index < -0.39 is 5.60 Å². The second-order valence-corrected chi connectivity index (χ2v) is 4.93. The lowest BCUT2D eigenvalue weighted by Gasteiger charge is -2.13. The van der Waals surface area contributed by atoms with Gasteiger partial charge in [0.05, 0.1) is 5.60 Å². The Morgan fingerprint density at radius 1 is 1.43 bits per heavy atom. The molecule has 0 bridgehead atoms. The van der Waals surface area contributed by atoms with E-state index in [2.05, 4.69) is 15.9 Å². The van der Waals surface area contributed by atoms with Crippen molar-refractivity contribution in [3.8, 4) is 5.75 Å². The number of rotatable bonds is 2. The number of hydrogen-bond donors (Lipinski definition) is 2. The Kier molecular flexibility index (Phi) is 2.32. The van der Waals surface area contributed by atoms with Crippen LogP contribution in [0.1, 0.15) is 24.0 Å². The van der Waals surface area contributed by atoms with Gasteiger partial charge in [-0.3, -0.25) is 0 Å². The molecule has 0 spiro atoms. The zero-order valence-corrected chi connectivity index (χ0v) is 9.63. The number of phenols is 1. The number of benzene rings is 1. The lowest BCUT2D eigenvalue weighted by atomic mass is 10.0. The normalized spacial score (nSPS) is 18.2. The smallest absolute Gasteiger partial charge is 0.119 e. The molecule has 2 N–H and O–H groups in total. The summed E-state index contributed by atoms with van der Waals surface area (Å²) in [5.74, 6) is 0.283. The molecule has 1 aliphatic rings. The van der Waals surface area contributed by atoms with Crippen molar-refractivity contribution in [1.82, 2.24) is 0 Å². The highest BCUT2D eigenvalue weighted by atomic mass is 79.9. The maximum atomic E-state index is 9.80. The molecule has 0 saturated heterocycles. The summed E-state index contributed by atoms with van der Waals surface area (Å²) in [6.45, 7) is 1.95. The maximum Gasteiger partial charge on any atom is 0.119 e. The summed E-state index contributed by atoms with van der Waals surface area (Å²) in [6, 6.07) is 3.49. The average Bonchev–Trinajstić information content (AvgIpc) is 2.86. The summed E-state index contributed by atoms with van der Waals surface area (Å²) in [4.78, 5) is 0. The van der Waals surface area contributed by atoms with Crippen LogP contribution in [-0.2, 0) is 6.42 Å². The van der Waals surface area contributed by atoms with Crippen LogP contribution in [0.4, 0.5) is 0 Å². The first-order chi connectivity index (χ1) is 6.52. The van der Waals surface area contributed by atoms with Crippen molar-refractivity contribution in [2.45, 2.75) is 31.8 Å². The second kappa shape index (κ2) is 3.24. The third kappa shape index (κ3) is 1.79. The van der Waals surface area contributed by atoms with E-state index in [0.717, 1.165) is 28.4 Å². The van der Waals surface area contributed by atoms with Gasteiger partial charge in [-0.05, 0) is 37.5 Å². The minimum Gasteiger partial charge on any atom is -0.508 e. The van der Waals surface area contributed by atoms with E-state index in [4.69, 9.17) is 0 Å². The van der Waals surface area contributed by atoms with Gasteiger partial charge in [0.15, 0.2) is 0 Å². The van der Waals surface area contributed by atoms with Crippen LogP contribution in [0.3, 0.4) is 0 Å². The minimum atomic E-state index is -0.553. The quantitative estimate of drug-likeness (QED) is 0.854. The Labute approximate surface area is 91.7 Å². The lowest BCUT2D eigenvalue weighted by molar-refractivity contribution is 0.149. The second-order valence-electron chi connectivity index (χ2n) is 4.07. The van der Waals surface area contributed by atoms with Crippen LogP contribution in [0.15, 0.2) is 16.6 Å². The molecule has 0 unspecified atom stereocenters. The van der Waals surface area contributed by atoms with Crippen LogP contribution < -0.4 is 0 Å². The van der Waals surface area contributed by atoms with Gasteiger partial charge in [-0.1, -0.05) is 15.9 Å². The standard InChI is InChI=1S/C11H13BrO2/c1-7-8(6-11(14)4-5-11)10(13)3-2-9(7)12/h2-3,13-14H,4-6H2,1H3. The molecular weight excluding hydrogens is 244 g/mol. The molecule has 76 valence electrons. The van der Waals surface area contributed by atoms with Crippen LogP contribution in [0.2, 0.25) is 0 Å². The Balaban J connectivity index is 2.35. The molecule has 0 atom stereocenters. The van der Waals surface area contributed by atoms with Gasteiger partial charge in [-0.15, -0.1) is 0 Å². The maximum absolute atomic E-state index is 9.80. The van der Waals surface area contributed by atoms with E-state index >= 15 is 0 Å². The molecule has 0 aliphatic heterocycles. The minimum absolute atomic E-state index is 0.283. The number of aliphatic hydroxyl groups is 1. The van der Waals surface area contributed by atoms with Crippen molar-refractivity contribution >= 4 is 15.9 Å². The summed E-state index contributed by atoms with van der Waals surface area (Å²) < 4.78 is 0.981. The summed E-state index contributed by atoms with van der Waals surface area (Å²) in [5, 5.41) is 19.5. The third-order valence-corrected chi connectivity index (χ3v) is 3.70. The van der Waals surface area contributed by atoms with Crippen molar-refractivity contribution in [1.29, 1.82) is 0 Å². The molecule has 0 aromatic heterocycles. The van der Waals surface area contributed by atoms with Gasteiger partial charge in [-0.25, -0.2) is 0 Å². The Morgan fingerprint density at radius 2 is 2.07 bits per heavy atom. The first kappa shape index (κ1) is 9.99. The SMILES string of the molecule is Cc1c(Br)ccc(O)c1CC1(O)CC1. The van der Waals surface area contributed by atoms with Crippen molar-refractivity contribution < 1.29 is 10.2 Å². The molecular formula is C11H13BrO2. The van der Waals surface area contributed by atoms with Gasteiger partial charge in [0.2, 0.25) is 0 Å². The fraction of sp³-hybridized carbons (Fsp3) is 0.455. The Hall–Kier alpha value is -0.540. The largest absolute Gasteiger partial charge is 0.508 e. The van der Waals surface area contributed by atoms with Crippen molar-refractivity contribution in [2.75, 3.05) is 0 Å². The number of hydrogen-bond acceptors (Lipinski definition) is 2. The van der Waals surface area contributed by atoms with Crippen LogP contribution >= 0.6 is 15.9 Å². The van der Waals surface area contributed by atoms with Crippen LogP contribution in [-0.4, -0.2) is 15.8 Å². The van der Waals surface area contributed by atoms with Gasteiger partial charge >= 0.3 is 0 Å². The van der Waals surface area contributed by atoms with Gasteiger partial charge in [-0.2, -0.15) is 0 Å². The highest BCUT2D eigenvalue weighted by molar-refractivity contribution is 9.10. The van der Waals surface area contributed by atoms with E-state index in [1.165, 1.54) is 0 Å². The van der Waals surface area contributed by atoms with E-state index in [0.29, 0.717) is 6.42 Å². The number of halogens is 1. The van der Waals surface area contributed by atoms with E-state index in [9.17, 15) is 10.2 Å². The molecule has 0 radical (unpaired) electrons. The predicted molar refractivity (Wildman–Crippen MR) is 58.4 cm³/mol. The molecule has 2 nitrogen and oxygen atoms in total. The number of phenolic OH excluding ortho intramolecular Hbond substituents is 1. The molecule has 1 fully saturated rings. The third-order valence-electron chi connectivity index (χ3n) is 2.84. The van der Waals surface area contributed by atoms with Crippen molar-refractivity contribution in [3.05, 3.63) is 27.7 Å². The highest BCUT2D eigenvalue weighted by Crippen LogP contribution is 2.41. The van der Waals surface area contributed by atoms with Crippen molar-refractivity contribution in [3.63, 3.8) is 0 Å². The highest BCUT2D eigenvalue weighted by Gasteiger charge is 2.41. The predicted octanol–water partition coefficient (Wildman–Crippen LogP) is 2.53. The lowest BCUT2D eigenvalue weighted by Crippen LogP contribution is -2.12. The van der Waals surface area contributed by atoms with E-state index in [-0.39, 0.29) is 5.75 Å². The van der Waals surface area contributed by atoms with Crippen molar-refractivity contribution in [2.24, 2.45) is 0 Å². The first-order valence-electron chi connectivity index (χ1n) is 4.71. The summed E-state index contributed by atoms with van der Waals surface area (Å²) in [5.41, 5.74) is 1.33. The number of aromatic hydroxyl groups is 1. The Morgan fingerprint density at radius 3 is 2.64 bits per heavy atom. The van der Waals surface area contributed by atoms with Crippen LogP contribution in [0.25, 0.3) is 0 Å². The molecule has 0 heterocycles. The monoisotopic (exact) mass is 256 g/mol. The van der Waals surface area contributed by atoms with Gasteiger partial charge in [0, 0.05) is 16.5 Å². The van der Waals surface area contributed by atoms with E-state index in [1.54, 1.807) is 6.07 Å². The van der Waals surface area contributed by atoms with Gasteiger partial charge in [0.1, 0.15) is 5.75 Å².